The molecule has 0 spiro atoms. The fourth-order valence-corrected chi connectivity index (χ4v) is 2.99. The first-order chi connectivity index (χ1) is 6.39. The minimum absolute atomic E-state index is 0.369. The molecule has 0 aromatic heterocycles. The number of rotatable bonds is 3. The normalized spacial score (nSPS) is 31.5. The van der Waals surface area contributed by atoms with E-state index in [4.69, 9.17) is 5.11 Å². The molecule has 1 aliphatic carbocycles. The first kappa shape index (κ1) is 10.4. The van der Waals surface area contributed by atoms with Crippen molar-refractivity contribution in [1.82, 2.24) is 4.90 Å². The van der Waals surface area contributed by atoms with E-state index in [2.05, 4.69) is 32.6 Å². The van der Waals surface area contributed by atoms with E-state index in [0.29, 0.717) is 23.4 Å². The molecule has 0 amide bonds. The van der Waals surface area contributed by atoms with Gasteiger partial charge in [0.2, 0.25) is 0 Å². The lowest BCUT2D eigenvalue weighted by Gasteiger charge is -2.38. The lowest BCUT2D eigenvalue weighted by molar-refractivity contribution is 0.0463. The van der Waals surface area contributed by atoms with Crippen LogP contribution in [0.2, 0.25) is 0 Å². The first-order valence-electron chi connectivity index (χ1n) is 5.73. The molecule has 14 heavy (non-hydrogen) atoms. The number of nitrogens with zero attached hydrogens (tertiary/aromatic N) is 1. The molecular formula is C12H23NO. The highest BCUT2D eigenvalue weighted by Crippen LogP contribution is 2.68. The Morgan fingerprint density at radius 3 is 2.00 bits per heavy atom. The van der Waals surface area contributed by atoms with E-state index in [9.17, 15) is 0 Å². The summed E-state index contributed by atoms with van der Waals surface area (Å²) in [5.41, 5.74) is 1.02. The molecule has 0 atom stereocenters. The van der Waals surface area contributed by atoms with E-state index in [1.54, 1.807) is 0 Å². The third-order valence-electron chi connectivity index (χ3n) is 5.05. The van der Waals surface area contributed by atoms with Crippen molar-refractivity contribution in [1.29, 1.82) is 0 Å². The van der Waals surface area contributed by atoms with Gasteiger partial charge in [-0.3, -0.25) is 0 Å². The van der Waals surface area contributed by atoms with Gasteiger partial charge >= 0.3 is 0 Å². The molecule has 0 unspecified atom stereocenters. The lowest BCUT2D eigenvalue weighted by atomic mass is 10.00. The van der Waals surface area contributed by atoms with Gasteiger partial charge in [-0.05, 0) is 16.7 Å². The molecular weight excluding hydrogens is 174 g/mol. The van der Waals surface area contributed by atoms with E-state index >= 15 is 0 Å². The molecule has 2 rings (SSSR count). The van der Waals surface area contributed by atoms with Crippen molar-refractivity contribution in [3.05, 3.63) is 0 Å². The maximum Gasteiger partial charge on any atom is 0.0483 e. The maximum absolute atomic E-state index is 8.93. The standard InChI is InChI=1S/C12H23NO/c1-11(2)10(12(11,3)4)7-13-5-9(6-13)8-14/h9-10,14H,5-8H2,1-4H3. The summed E-state index contributed by atoms with van der Waals surface area (Å²) in [6.07, 6.45) is 0. The van der Waals surface area contributed by atoms with Crippen LogP contribution in [0.15, 0.2) is 0 Å². The zero-order valence-electron chi connectivity index (χ0n) is 9.88. The van der Waals surface area contributed by atoms with Crippen LogP contribution in [-0.4, -0.2) is 36.2 Å². The Morgan fingerprint density at radius 1 is 1.14 bits per heavy atom. The number of aliphatic hydroxyl groups excluding tert-OH is 1. The van der Waals surface area contributed by atoms with E-state index in [0.717, 1.165) is 19.0 Å². The Hall–Kier alpha value is -0.0800. The van der Waals surface area contributed by atoms with E-state index in [-0.39, 0.29) is 0 Å². The SMILES string of the molecule is CC1(C)C(CN2CC(CO)C2)C1(C)C. The van der Waals surface area contributed by atoms with Crippen LogP contribution in [0.5, 0.6) is 0 Å². The van der Waals surface area contributed by atoms with Crippen LogP contribution < -0.4 is 0 Å². The molecule has 2 fully saturated rings. The number of hydrogen-bond acceptors (Lipinski definition) is 2. The second-order valence-corrected chi connectivity index (χ2v) is 6.26. The van der Waals surface area contributed by atoms with Gasteiger partial charge in [0.05, 0.1) is 0 Å². The van der Waals surface area contributed by atoms with Crippen molar-refractivity contribution in [2.24, 2.45) is 22.7 Å². The van der Waals surface area contributed by atoms with Gasteiger partial charge in [0.15, 0.2) is 0 Å². The van der Waals surface area contributed by atoms with Gasteiger partial charge in [-0.25, -0.2) is 0 Å². The third kappa shape index (κ3) is 1.31. The van der Waals surface area contributed by atoms with Gasteiger partial charge in [0, 0.05) is 32.2 Å². The molecule has 1 N–H and O–H groups in total. The molecule has 2 heteroatoms. The molecule has 0 radical (unpaired) electrons. The van der Waals surface area contributed by atoms with E-state index in [1.807, 2.05) is 0 Å². The fourth-order valence-electron chi connectivity index (χ4n) is 2.99. The largest absolute Gasteiger partial charge is 0.396 e. The molecule has 1 saturated heterocycles. The first-order valence-corrected chi connectivity index (χ1v) is 5.73. The topological polar surface area (TPSA) is 23.5 Å². The monoisotopic (exact) mass is 197 g/mol. The van der Waals surface area contributed by atoms with Crippen molar-refractivity contribution in [3.8, 4) is 0 Å². The maximum atomic E-state index is 8.93. The highest BCUT2D eigenvalue weighted by Gasteiger charge is 2.64. The summed E-state index contributed by atoms with van der Waals surface area (Å²) in [5.74, 6) is 1.40. The van der Waals surface area contributed by atoms with Crippen molar-refractivity contribution >= 4 is 0 Å². The third-order valence-corrected chi connectivity index (χ3v) is 5.05. The van der Waals surface area contributed by atoms with Crippen molar-refractivity contribution in [2.45, 2.75) is 27.7 Å². The summed E-state index contributed by atoms with van der Waals surface area (Å²) in [4.78, 5) is 2.49. The molecule has 1 aliphatic heterocycles. The zero-order valence-corrected chi connectivity index (χ0v) is 9.88. The van der Waals surface area contributed by atoms with Gasteiger partial charge < -0.3 is 10.0 Å². The van der Waals surface area contributed by atoms with Crippen LogP contribution in [0.25, 0.3) is 0 Å². The highest BCUT2D eigenvalue weighted by atomic mass is 16.3. The zero-order chi connectivity index (χ0) is 10.6. The number of aliphatic hydroxyl groups is 1. The van der Waals surface area contributed by atoms with Crippen LogP contribution >= 0.6 is 0 Å². The van der Waals surface area contributed by atoms with Crippen molar-refractivity contribution in [2.75, 3.05) is 26.2 Å². The molecule has 82 valence electrons. The van der Waals surface area contributed by atoms with Crippen LogP contribution in [0, 0.1) is 22.7 Å². The minimum atomic E-state index is 0.369. The van der Waals surface area contributed by atoms with Crippen LogP contribution in [-0.2, 0) is 0 Å². The summed E-state index contributed by atoms with van der Waals surface area (Å²) in [6.45, 7) is 13.3. The van der Waals surface area contributed by atoms with Gasteiger partial charge in [0.1, 0.15) is 0 Å². The average molecular weight is 197 g/mol. The molecule has 1 saturated carbocycles. The van der Waals surface area contributed by atoms with Gasteiger partial charge in [0.25, 0.3) is 0 Å². The molecule has 1 heterocycles. The number of hydrogen-bond donors (Lipinski definition) is 1. The molecule has 0 aromatic carbocycles. The highest BCUT2D eigenvalue weighted by molar-refractivity contribution is 5.13. The summed E-state index contributed by atoms with van der Waals surface area (Å²) in [5, 5.41) is 8.93. The van der Waals surface area contributed by atoms with Crippen LogP contribution in [0.3, 0.4) is 0 Å². The minimum Gasteiger partial charge on any atom is -0.396 e. The van der Waals surface area contributed by atoms with Crippen molar-refractivity contribution < 1.29 is 5.11 Å². The van der Waals surface area contributed by atoms with Crippen LogP contribution in [0.4, 0.5) is 0 Å². The molecule has 0 aromatic rings. The predicted octanol–water partition coefficient (Wildman–Crippen LogP) is 1.59. The second-order valence-electron chi connectivity index (χ2n) is 6.26. The Bertz CT molecular complexity index is 214. The summed E-state index contributed by atoms with van der Waals surface area (Å²) in [6, 6.07) is 0. The van der Waals surface area contributed by atoms with Gasteiger partial charge in [-0.1, -0.05) is 27.7 Å². The van der Waals surface area contributed by atoms with E-state index < -0.39 is 0 Å². The van der Waals surface area contributed by atoms with Crippen molar-refractivity contribution in [3.63, 3.8) is 0 Å². The predicted molar refractivity (Wildman–Crippen MR) is 58.1 cm³/mol. The Labute approximate surface area is 87.3 Å². The quantitative estimate of drug-likeness (QED) is 0.743. The summed E-state index contributed by atoms with van der Waals surface area (Å²) >= 11 is 0. The second kappa shape index (κ2) is 2.96. The fraction of sp³-hybridized carbons (Fsp3) is 1.00. The Morgan fingerprint density at radius 2 is 1.64 bits per heavy atom. The lowest BCUT2D eigenvalue weighted by Crippen LogP contribution is -2.49. The van der Waals surface area contributed by atoms with Crippen LogP contribution in [0.1, 0.15) is 27.7 Å². The number of likely N-dealkylation sites (tertiary alicyclic amines) is 1. The summed E-state index contributed by atoms with van der Waals surface area (Å²) < 4.78 is 0. The molecule has 0 bridgehead atoms. The van der Waals surface area contributed by atoms with Gasteiger partial charge in [-0.15, -0.1) is 0 Å². The smallest absolute Gasteiger partial charge is 0.0483 e. The Balaban J connectivity index is 1.79. The average Bonchev–Trinajstić information content (AvgIpc) is 2.36. The van der Waals surface area contributed by atoms with Gasteiger partial charge in [-0.2, -0.15) is 0 Å². The Kier molecular flexibility index (Phi) is 2.20. The molecule has 2 aliphatic rings. The van der Waals surface area contributed by atoms with E-state index in [1.165, 1.54) is 6.54 Å². The molecule has 2 nitrogen and oxygen atoms in total. The summed E-state index contributed by atoms with van der Waals surface area (Å²) in [7, 11) is 0.